The van der Waals surface area contributed by atoms with Crippen molar-refractivity contribution in [1.29, 1.82) is 5.26 Å². The molecule has 114 valence electrons. The van der Waals surface area contributed by atoms with Crippen LogP contribution < -0.4 is 0 Å². The Hall–Kier alpha value is -1.69. The molecule has 0 N–H and O–H groups in total. The van der Waals surface area contributed by atoms with E-state index in [1.807, 2.05) is 6.07 Å². The molecule has 0 spiro atoms. The smallest absolute Gasteiger partial charge is 0.258 e. The Balaban J connectivity index is 3.27. The first kappa shape index (κ1) is 17.4. The second-order valence-corrected chi connectivity index (χ2v) is 6.70. The Labute approximate surface area is 127 Å². The number of nitrogens with zero attached hydrogens (tertiary/aromatic N) is 3. The van der Waals surface area contributed by atoms with Crippen LogP contribution in [0.2, 0.25) is 5.02 Å². The van der Waals surface area contributed by atoms with E-state index in [0.29, 0.717) is 0 Å². The molecule has 0 aliphatic heterocycles. The van der Waals surface area contributed by atoms with Gasteiger partial charge in [0.1, 0.15) is 5.02 Å². The van der Waals surface area contributed by atoms with Gasteiger partial charge in [0, 0.05) is 19.2 Å². The molecule has 0 amide bonds. The largest absolute Gasteiger partial charge is 0.289 e. The van der Waals surface area contributed by atoms with Crippen LogP contribution in [0.1, 0.15) is 13.8 Å². The van der Waals surface area contributed by atoms with Crippen LogP contribution in [0.3, 0.4) is 0 Å². The third-order valence-electron chi connectivity index (χ3n) is 2.80. The summed E-state index contributed by atoms with van der Waals surface area (Å²) in [6.07, 6.45) is 0. The van der Waals surface area contributed by atoms with Crippen LogP contribution in [0.25, 0.3) is 0 Å². The van der Waals surface area contributed by atoms with Crippen molar-refractivity contribution in [3.05, 3.63) is 33.3 Å². The number of benzene rings is 1. The molecule has 0 heterocycles. The van der Waals surface area contributed by atoms with Crippen molar-refractivity contribution >= 4 is 27.3 Å². The fraction of sp³-hybridized carbons (Fsp3) is 0.417. The van der Waals surface area contributed by atoms with Gasteiger partial charge in [-0.2, -0.15) is 9.57 Å². The van der Waals surface area contributed by atoms with Gasteiger partial charge in [-0.3, -0.25) is 10.1 Å². The number of halogens is 1. The van der Waals surface area contributed by atoms with E-state index in [1.165, 1.54) is 12.1 Å². The van der Waals surface area contributed by atoms with E-state index >= 15 is 0 Å². The van der Waals surface area contributed by atoms with Gasteiger partial charge in [0.15, 0.2) is 0 Å². The maximum absolute atomic E-state index is 12.5. The molecule has 1 aromatic carbocycles. The summed E-state index contributed by atoms with van der Waals surface area (Å²) >= 11 is 5.67. The van der Waals surface area contributed by atoms with Crippen LogP contribution >= 0.6 is 11.6 Å². The number of nitriles is 1. The van der Waals surface area contributed by atoms with Crippen molar-refractivity contribution in [3.8, 4) is 6.07 Å². The highest BCUT2D eigenvalue weighted by Gasteiger charge is 2.27. The first-order chi connectivity index (χ1) is 9.73. The van der Waals surface area contributed by atoms with Crippen molar-refractivity contribution in [2.24, 2.45) is 5.92 Å². The first-order valence-corrected chi connectivity index (χ1v) is 7.89. The normalized spacial score (nSPS) is 12.9. The zero-order chi connectivity index (χ0) is 16.2. The second kappa shape index (κ2) is 6.85. The highest BCUT2D eigenvalue weighted by molar-refractivity contribution is 7.89. The summed E-state index contributed by atoms with van der Waals surface area (Å²) in [7, 11) is -3.91. The molecule has 0 fully saturated rings. The van der Waals surface area contributed by atoms with E-state index < -0.39 is 26.6 Å². The molecule has 0 saturated heterocycles. The summed E-state index contributed by atoms with van der Waals surface area (Å²) in [5, 5.41) is 19.5. The minimum atomic E-state index is -3.91. The molecule has 0 aromatic heterocycles. The highest BCUT2D eigenvalue weighted by Crippen LogP contribution is 2.28. The molecule has 0 aliphatic rings. The van der Waals surface area contributed by atoms with Gasteiger partial charge in [-0.25, -0.2) is 8.42 Å². The standard InChI is InChI=1S/C12H14ClN3O4S/c1-3-15(8-9(2)7-14)21(19,20)10-4-5-11(13)12(6-10)16(17)18/h4-6,9H,3,8H2,1-2H3. The van der Waals surface area contributed by atoms with Crippen LogP contribution in [0.15, 0.2) is 23.1 Å². The van der Waals surface area contributed by atoms with E-state index in [0.717, 1.165) is 10.4 Å². The Kier molecular flexibility index (Phi) is 5.66. The lowest BCUT2D eigenvalue weighted by atomic mass is 10.2. The number of sulfonamides is 1. The number of rotatable bonds is 6. The molecular formula is C12H14ClN3O4S. The van der Waals surface area contributed by atoms with Gasteiger partial charge in [-0.1, -0.05) is 18.5 Å². The zero-order valence-corrected chi connectivity index (χ0v) is 13.1. The molecule has 1 unspecified atom stereocenters. The second-order valence-electron chi connectivity index (χ2n) is 4.36. The fourth-order valence-corrected chi connectivity index (χ4v) is 3.43. The molecule has 1 atom stereocenters. The van der Waals surface area contributed by atoms with Gasteiger partial charge >= 0.3 is 0 Å². The van der Waals surface area contributed by atoms with Gasteiger partial charge in [-0.05, 0) is 19.1 Å². The topological polar surface area (TPSA) is 104 Å². The molecule has 0 aliphatic carbocycles. The summed E-state index contributed by atoms with van der Waals surface area (Å²) in [6, 6.07) is 5.27. The zero-order valence-electron chi connectivity index (χ0n) is 11.5. The Morgan fingerprint density at radius 3 is 2.62 bits per heavy atom. The molecular weight excluding hydrogens is 318 g/mol. The minimum Gasteiger partial charge on any atom is -0.258 e. The van der Waals surface area contributed by atoms with Gasteiger partial charge in [0.25, 0.3) is 5.69 Å². The van der Waals surface area contributed by atoms with E-state index in [-0.39, 0.29) is 23.0 Å². The maximum Gasteiger partial charge on any atom is 0.289 e. The molecule has 21 heavy (non-hydrogen) atoms. The van der Waals surface area contributed by atoms with E-state index in [1.54, 1.807) is 13.8 Å². The average Bonchev–Trinajstić information content (AvgIpc) is 2.43. The van der Waals surface area contributed by atoms with E-state index in [9.17, 15) is 18.5 Å². The predicted octanol–water partition coefficient (Wildman–Crippen LogP) is 2.42. The third kappa shape index (κ3) is 3.91. The van der Waals surface area contributed by atoms with Crippen LogP contribution in [-0.2, 0) is 10.0 Å². The Bertz CT molecular complexity index is 684. The SMILES string of the molecule is CCN(CC(C)C#N)S(=O)(=O)c1ccc(Cl)c([N+](=O)[O-])c1. The van der Waals surface area contributed by atoms with Crippen molar-refractivity contribution in [2.75, 3.05) is 13.1 Å². The molecule has 1 aromatic rings. The number of nitro groups is 1. The van der Waals surface area contributed by atoms with Crippen LogP contribution in [-0.4, -0.2) is 30.7 Å². The lowest BCUT2D eigenvalue weighted by Gasteiger charge is -2.21. The molecule has 0 radical (unpaired) electrons. The number of hydrogen-bond acceptors (Lipinski definition) is 5. The lowest BCUT2D eigenvalue weighted by molar-refractivity contribution is -0.384. The lowest BCUT2D eigenvalue weighted by Crippen LogP contribution is -2.34. The average molecular weight is 332 g/mol. The van der Waals surface area contributed by atoms with Crippen molar-refractivity contribution in [3.63, 3.8) is 0 Å². The summed E-state index contributed by atoms with van der Waals surface area (Å²) in [5.74, 6) is -0.484. The summed E-state index contributed by atoms with van der Waals surface area (Å²) in [6.45, 7) is 3.41. The van der Waals surface area contributed by atoms with Gasteiger partial charge in [-0.15, -0.1) is 0 Å². The van der Waals surface area contributed by atoms with E-state index in [4.69, 9.17) is 16.9 Å². The Morgan fingerprint density at radius 1 is 1.52 bits per heavy atom. The van der Waals surface area contributed by atoms with Crippen molar-refractivity contribution in [2.45, 2.75) is 18.7 Å². The monoisotopic (exact) mass is 331 g/mol. The number of hydrogen-bond donors (Lipinski definition) is 0. The molecule has 0 saturated carbocycles. The Morgan fingerprint density at radius 2 is 2.14 bits per heavy atom. The van der Waals surface area contributed by atoms with Gasteiger partial charge in [0.2, 0.25) is 10.0 Å². The summed E-state index contributed by atoms with van der Waals surface area (Å²) in [4.78, 5) is 9.88. The molecule has 1 rings (SSSR count). The summed E-state index contributed by atoms with van der Waals surface area (Å²) < 4.78 is 26.0. The molecule has 7 nitrogen and oxygen atoms in total. The van der Waals surface area contributed by atoms with Crippen molar-refractivity contribution < 1.29 is 13.3 Å². The van der Waals surface area contributed by atoms with Crippen LogP contribution in [0.4, 0.5) is 5.69 Å². The minimum absolute atomic E-state index is 0.0196. The summed E-state index contributed by atoms with van der Waals surface area (Å²) in [5.41, 5.74) is -0.470. The molecule has 0 bridgehead atoms. The molecule has 9 heteroatoms. The maximum atomic E-state index is 12.5. The third-order valence-corrected chi connectivity index (χ3v) is 5.06. The predicted molar refractivity (Wildman–Crippen MR) is 77.3 cm³/mol. The van der Waals surface area contributed by atoms with Crippen LogP contribution in [0, 0.1) is 27.4 Å². The fourth-order valence-electron chi connectivity index (χ4n) is 1.69. The highest BCUT2D eigenvalue weighted by atomic mass is 35.5. The quantitative estimate of drug-likeness (QED) is 0.588. The van der Waals surface area contributed by atoms with Crippen LogP contribution in [0.5, 0.6) is 0 Å². The first-order valence-electron chi connectivity index (χ1n) is 6.07. The van der Waals surface area contributed by atoms with Crippen molar-refractivity contribution in [1.82, 2.24) is 4.31 Å². The van der Waals surface area contributed by atoms with Gasteiger partial charge in [0.05, 0.1) is 21.8 Å². The van der Waals surface area contributed by atoms with Gasteiger partial charge < -0.3 is 0 Å². The van der Waals surface area contributed by atoms with E-state index in [2.05, 4.69) is 0 Å². The number of nitro benzene ring substituents is 1.